The van der Waals surface area contributed by atoms with E-state index in [4.69, 9.17) is 4.42 Å². The predicted octanol–water partition coefficient (Wildman–Crippen LogP) is 3.30. The van der Waals surface area contributed by atoms with E-state index in [0.29, 0.717) is 0 Å². The minimum Gasteiger partial charge on any atom is -0.443 e. The van der Waals surface area contributed by atoms with Crippen molar-refractivity contribution < 1.29 is 4.42 Å². The van der Waals surface area contributed by atoms with Crippen molar-refractivity contribution in [2.45, 2.75) is 13.8 Å². The van der Waals surface area contributed by atoms with Crippen LogP contribution in [0.3, 0.4) is 0 Å². The Morgan fingerprint density at radius 1 is 1.14 bits per heavy atom. The van der Waals surface area contributed by atoms with Gasteiger partial charge in [0.2, 0.25) is 5.71 Å². The number of hydrogen-bond acceptors (Lipinski definition) is 1. The first-order chi connectivity index (χ1) is 6.77. The molecule has 0 aliphatic rings. The molecule has 1 aromatic carbocycles. The molecule has 0 N–H and O–H groups in total. The van der Waals surface area contributed by atoms with E-state index in [1.165, 1.54) is 16.6 Å². The van der Waals surface area contributed by atoms with Crippen molar-refractivity contribution >= 4 is 16.6 Å². The predicted molar refractivity (Wildman–Crippen MR) is 56.6 cm³/mol. The Morgan fingerprint density at radius 3 is 2.79 bits per heavy atom. The molecular weight excluding hydrogens is 174 g/mol. The number of para-hydroxylation sites is 1. The van der Waals surface area contributed by atoms with Crippen molar-refractivity contribution in [3.05, 3.63) is 41.8 Å². The van der Waals surface area contributed by atoms with Gasteiger partial charge in [0.05, 0.1) is 11.2 Å². The lowest BCUT2D eigenvalue weighted by Gasteiger charge is -1.93. The molecule has 0 unspecified atom stereocenters. The quantitative estimate of drug-likeness (QED) is 0.525. The Labute approximate surface area is 81.8 Å². The Hall–Kier alpha value is -1.70. The molecule has 3 aromatic rings. The summed E-state index contributed by atoms with van der Waals surface area (Å²) in [4.78, 5) is 0. The zero-order valence-corrected chi connectivity index (χ0v) is 8.24. The molecule has 0 bridgehead atoms. The summed E-state index contributed by atoms with van der Waals surface area (Å²) >= 11 is 0. The minimum absolute atomic E-state index is 0.932. The van der Waals surface area contributed by atoms with Crippen LogP contribution in [0.5, 0.6) is 0 Å². The van der Waals surface area contributed by atoms with Crippen LogP contribution in [0.4, 0.5) is 0 Å². The van der Waals surface area contributed by atoms with E-state index in [2.05, 4.69) is 35.6 Å². The van der Waals surface area contributed by atoms with Crippen molar-refractivity contribution in [3.63, 3.8) is 0 Å². The van der Waals surface area contributed by atoms with E-state index >= 15 is 0 Å². The standard InChI is InChI=1S/C12H11NO/c1-8-9(2)14-12-7-10-5-3-4-6-11(10)13(8)12/h3-7H,1-2H3. The van der Waals surface area contributed by atoms with Crippen LogP contribution in [-0.2, 0) is 0 Å². The molecule has 0 aliphatic carbocycles. The third-order valence-electron chi connectivity index (χ3n) is 2.78. The van der Waals surface area contributed by atoms with Gasteiger partial charge in [0.15, 0.2) is 0 Å². The van der Waals surface area contributed by atoms with Gasteiger partial charge in [-0.3, -0.25) is 4.40 Å². The highest BCUT2D eigenvalue weighted by atomic mass is 16.3. The van der Waals surface area contributed by atoms with Gasteiger partial charge in [0.1, 0.15) is 5.76 Å². The smallest absolute Gasteiger partial charge is 0.205 e. The molecule has 3 rings (SSSR count). The fourth-order valence-corrected chi connectivity index (χ4v) is 1.94. The number of nitrogens with zero attached hydrogens (tertiary/aromatic N) is 1. The summed E-state index contributed by atoms with van der Waals surface area (Å²) in [5.41, 5.74) is 3.33. The van der Waals surface area contributed by atoms with Gasteiger partial charge in [-0.1, -0.05) is 18.2 Å². The summed E-state index contributed by atoms with van der Waals surface area (Å²) in [7, 11) is 0. The maximum atomic E-state index is 5.65. The SMILES string of the molecule is Cc1oc2cc3ccccc3n2c1C. The molecule has 0 saturated carbocycles. The van der Waals surface area contributed by atoms with Crippen molar-refractivity contribution in [1.82, 2.24) is 4.40 Å². The van der Waals surface area contributed by atoms with Crippen molar-refractivity contribution in [2.75, 3.05) is 0 Å². The topological polar surface area (TPSA) is 17.6 Å². The van der Waals surface area contributed by atoms with Gasteiger partial charge < -0.3 is 4.42 Å². The summed E-state index contributed by atoms with van der Waals surface area (Å²) in [6.07, 6.45) is 0. The van der Waals surface area contributed by atoms with Gasteiger partial charge in [0.25, 0.3) is 0 Å². The lowest BCUT2D eigenvalue weighted by molar-refractivity contribution is 0.572. The molecule has 0 saturated heterocycles. The Bertz CT molecular complexity index is 616. The first-order valence-electron chi connectivity index (χ1n) is 4.73. The first-order valence-corrected chi connectivity index (χ1v) is 4.73. The second-order valence-corrected chi connectivity index (χ2v) is 3.62. The molecule has 2 aromatic heterocycles. The van der Waals surface area contributed by atoms with Crippen LogP contribution in [0.1, 0.15) is 11.5 Å². The lowest BCUT2D eigenvalue weighted by Crippen LogP contribution is -1.83. The third-order valence-corrected chi connectivity index (χ3v) is 2.78. The molecular formula is C12H11NO. The first kappa shape index (κ1) is 7.68. The molecule has 2 nitrogen and oxygen atoms in total. The van der Waals surface area contributed by atoms with Crippen molar-refractivity contribution in [3.8, 4) is 0 Å². The van der Waals surface area contributed by atoms with Crippen LogP contribution in [0.25, 0.3) is 16.6 Å². The second-order valence-electron chi connectivity index (χ2n) is 3.62. The highest BCUT2D eigenvalue weighted by molar-refractivity contribution is 5.85. The van der Waals surface area contributed by atoms with E-state index in [-0.39, 0.29) is 0 Å². The van der Waals surface area contributed by atoms with Gasteiger partial charge in [-0.15, -0.1) is 0 Å². The van der Waals surface area contributed by atoms with Crippen LogP contribution in [0.2, 0.25) is 0 Å². The highest BCUT2D eigenvalue weighted by Crippen LogP contribution is 2.24. The van der Waals surface area contributed by atoms with Gasteiger partial charge in [-0.05, 0) is 19.9 Å². The molecule has 2 heteroatoms. The Balaban J connectivity index is 2.62. The Kier molecular flexibility index (Phi) is 1.32. The molecule has 0 fully saturated rings. The number of rotatable bonds is 0. The summed E-state index contributed by atoms with van der Waals surface area (Å²) < 4.78 is 7.80. The van der Waals surface area contributed by atoms with Crippen LogP contribution in [0, 0.1) is 13.8 Å². The van der Waals surface area contributed by atoms with Crippen LogP contribution >= 0.6 is 0 Å². The van der Waals surface area contributed by atoms with E-state index in [1.807, 2.05) is 13.0 Å². The van der Waals surface area contributed by atoms with Crippen molar-refractivity contribution in [2.24, 2.45) is 0 Å². The van der Waals surface area contributed by atoms with Crippen LogP contribution in [-0.4, -0.2) is 4.40 Å². The fourth-order valence-electron chi connectivity index (χ4n) is 1.94. The second kappa shape index (κ2) is 2.41. The van der Waals surface area contributed by atoms with Gasteiger partial charge in [0, 0.05) is 11.5 Å². The third kappa shape index (κ3) is 0.803. The normalized spacial score (nSPS) is 11.6. The van der Waals surface area contributed by atoms with E-state index in [1.54, 1.807) is 0 Å². The summed E-state index contributed by atoms with van der Waals surface area (Å²) in [6, 6.07) is 10.4. The monoisotopic (exact) mass is 185 g/mol. The molecule has 0 radical (unpaired) electrons. The molecule has 0 spiro atoms. The highest BCUT2D eigenvalue weighted by Gasteiger charge is 2.09. The number of oxazole rings is 1. The molecule has 70 valence electrons. The number of aryl methyl sites for hydroxylation is 2. The molecule has 0 atom stereocenters. The molecule has 14 heavy (non-hydrogen) atoms. The molecule has 0 aliphatic heterocycles. The summed E-state index contributed by atoms with van der Waals surface area (Å²) in [6.45, 7) is 4.08. The number of fused-ring (bicyclic) bond motifs is 3. The number of benzene rings is 1. The minimum atomic E-state index is 0.932. The number of aromatic nitrogens is 1. The van der Waals surface area contributed by atoms with Gasteiger partial charge >= 0.3 is 0 Å². The largest absolute Gasteiger partial charge is 0.443 e. The zero-order chi connectivity index (χ0) is 9.71. The Morgan fingerprint density at radius 2 is 1.93 bits per heavy atom. The number of hydrogen-bond donors (Lipinski definition) is 0. The zero-order valence-electron chi connectivity index (χ0n) is 8.24. The van der Waals surface area contributed by atoms with Gasteiger partial charge in [-0.25, -0.2) is 0 Å². The average molecular weight is 185 g/mol. The van der Waals surface area contributed by atoms with Crippen LogP contribution in [0.15, 0.2) is 34.7 Å². The fraction of sp³-hybridized carbons (Fsp3) is 0.167. The van der Waals surface area contributed by atoms with E-state index in [0.717, 1.165) is 11.5 Å². The summed E-state index contributed by atoms with van der Waals surface area (Å²) in [5.74, 6) is 0.991. The molecule has 2 heterocycles. The lowest BCUT2D eigenvalue weighted by atomic mass is 10.2. The van der Waals surface area contributed by atoms with Gasteiger partial charge in [-0.2, -0.15) is 0 Å². The van der Waals surface area contributed by atoms with Crippen LogP contribution < -0.4 is 0 Å². The maximum Gasteiger partial charge on any atom is 0.205 e. The summed E-state index contributed by atoms with van der Waals surface area (Å²) in [5, 5.41) is 1.23. The molecule has 0 amide bonds. The maximum absolute atomic E-state index is 5.65. The average Bonchev–Trinajstić information content (AvgIpc) is 2.65. The van der Waals surface area contributed by atoms with E-state index in [9.17, 15) is 0 Å². The van der Waals surface area contributed by atoms with Crippen molar-refractivity contribution in [1.29, 1.82) is 0 Å². The van der Waals surface area contributed by atoms with E-state index < -0.39 is 0 Å².